The van der Waals surface area contributed by atoms with Gasteiger partial charge in [0.2, 0.25) is 11.4 Å². The molecule has 1 saturated carbocycles. The van der Waals surface area contributed by atoms with Crippen molar-refractivity contribution in [3.8, 4) is 11.3 Å². The number of rotatable bonds is 2. The van der Waals surface area contributed by atoms with Crippen molar-refractivity contribution in [3.63, 3.8) is 0 Å². The van der Waals surface area contributed by atoms with Gasteiger partial charge in [-0.1, -0.05) is 40.5 Å². The van der Waals surface area contributed by atoms with Gasteiger partial charge in [0.05, 0.1) is 5.56 Å². The first-order valence-electron chi connectivity index (χ1n) is 13.4. The molecule has 3 nitrogen and oxygen atoms in total. The van der Waals surface area contributed by atoms with Crippen molar-refractivity contribution in [2.75, 3.05) is 0 Å². The lowest BCUT2D eigenvalue weighted by atomic mass is 9.60. The van der Waals surface area contributed by atoms with Crippen LogP contribution in [-0.2, 0) is 17.9 Å². The minimum atomic E-state index is -0.453. The van der Waals surface area contributed by atoms with Gasteiger partial charge in [0, 0.05) is 30.0 Å². The van der Waals surface area contributed by atoms with E-state index in [1.807, 2.05) is 12.3 Å². The second-order valence-corrected chi connectivity index (χ2v) is 11.9. The SMILES string of the molecule is [2H]C1(c2ccc(-c3c(C)c4c(c5c3oc3ncccc35)C(C)(C)CCC4(C)C)[n+](C)c2)CCCC1. The molecule has 3 heteroatoms. The third-order valence-electron chi connectivity index (χ3n) is 8.68. The van der Waals surface area contributed by atoms with Crippen LogP contribution in [0.4, 0.5) is 0 Å². The molecule has 34 heavy (non-hydrogen) atoms. The van der Waals surface area contributed by atoms with Gasteiger partial charge in [0.25, 0.3) is 0 Å². The number of nitrogens with zero attached hydrogens (tertiary/aromatic N) is 2. The van der Waals surface area contributed by atoms with Crippen LogP contribution < -0.4 is 4.57 Å². The van der Waals surface area contributed by atoms with E-state index >= 15 is 0 Å². The summed E-state index contributed by atoms with van der Waals surface area (Å²) in [7, 11) is 2.12. The first-order chi connectivity index (χ1) is 16.5. The van der Waals surface area contributed by atoms with E-state index in [1.54, 1.807) is 0 Å². The molecule has 2 aliphatic carbocycles. The molecule has 2 aliphatic rings. The van der Waals surface area contributed by atoms with E-state index in [9.17, 15) is 0 Å². The van der Waals surface area contributed by atoms with E-state index in [-0.39, 0.29) is 10.8 Å². The molecule has 1 aromatic carbocycles. The Kier molecular flexibility index (Phi) is 4.50. The summed E-state index contributed by atoms with van der Waals surface area (Å²) in [6.07, 6.45) is 10.5. The molecule has 1 fully saturated rings. The van der Waals surface area contributed by atoms with Gasteiger partial charge >= 0.3 is 0 Å². The van der Waals surface area contributed by atoms with Crippen molar-refractivity contribution in [1.29, 1.82) is 0 Å². The van der Waals surface area contributed by atoms with Crippen molar-refractivity contribution in [2.45, 2.75) is 89.9 Å². The van der Waals surface area contributed by atoms with Crippen LogP contribution in [-0.4, -0.2) is 4.98 Å². The Hall–Kier alpha value is -2.68. The first-order valence-corrected chi connectivity index (χ1v) is 12.9. The zero-order chi connectivity index (χ0) is 24.8. The number of hydrogen-bond donors (Lipinski definition) is 0. The predicted molar refractivity (Wildman–Crippen MR) is 139 cm³/mol. The van der Waals surface area contributed by atoms with Crippen LogP contribution in [0.3, 0.4) is 0 Å². The van der Waals surface area contributed by atoms with Gasteiger partial charge in [0.15, 0.2) is 11.8 Å². The highest BCUT2D eigenvalue weighted by molar-refractivity contribution is 6.12. The maximum Gasteiger partial charge on any atom is 0.227 e. The fourth-order valence-corrected chi connectivity index (χ4v) is 6.84. The molecular weight excluding hydrogens is 416 g/mol. The number of aromatic nitrogens is 2. The standard InChI is InChI=1S/C31H37N2O/c1-19-24(23-14-13-21(18-33(23)6)20-10-7-8-11-20)28-25(22-12-9-17-32-29(22)34-28)27-26(19)30(2,3)15-16-31(27,4)5/h9,12-14,17-18,20H,7-8,10-11,15-16H2,1-6H3/q+1/i20D. The normalized spacial score (nSPS) is 21.1. The fraction of sp³-hybridized carbons (Fsp3) is 0.484. The molecule has 0 radical (unpaired) electrons. The van der Waals surface area contributed by atoms with Gasteiger partial charge < -0.3 is 4.42 Å². The van der Waals surface area contributed by atoms with Gasteiger partial charge in [-0.05, 0) is 84.2 Å². The molecule has 4 aromatic rings. The molecule has 6 rings (SSSR count). The van der Waals surface area contributed by atoms with Gasteiger partial charge in [-0.2, -0.15) is 0 Å². The molecule has 0 unspecified atom stereocenters. The summed E-state index contributed by atoms with van der Waals surface area (Å²) in [4.78, 5) is 4.62. The van der Waals surface area contributed by atoms with Crippen molar-refractivity contribution < 1.29 is 10.4 Å². The summed E-state index contributed by atoms with van der Waals surface area (Å²) in [6.45, 7) is 11.9. The summed E-state index contributed by atoms with van der Waals surface area (Å²) in [5.41, 5.74) is 9.46. The average molecular weight is 455 g/mol. The van der Waals surface area contributed by atoms with Crippen LogP contribution in [0.2, 0.25) is 0 Å². The van der Waals surface area contributed by atoms with E-state index in [4.69, 9.17) is 5.79 Å². The van der Waals surface area contributed by atoms with Gasteiger partial charge in [-0.25, -0.2) is 9.55 Å². The van der Waals surface area contributed by atoms with E-state index < -0.39 is 5.89 Å². The Bertz CT molecular complexity index is 1490. The number of pyridine rings is 2. The number of fused-ring (bicyclic) bond motifs is 5. The summed E-state index contributed by atoms with van der Waals surface area (Å²) in [5, 5.41) is 2.35. The summed E-state index contributed by atoms with van der Waals surface area (Å²) in [5.74, 6) is -0.453. The highest BCUT2D eigenvalue weighted by atomic mass is 16.3. The second-order valence-electron chi connectivity index (χ2n) is 11.9. The number of hydrogen-bond acceptors (Lipinski definition) is 2. The maximum atomic E-state index is 9.02. The molecule has 0 spiro atoms. The quantitative estimate of drug-likeness (QED) is 0.289. The van der Waals surface area contributed by atoms with Crippen molar-refractivity contribution in [2.24, 2.45) is 7.05 Å². The fourth-order valence-electron chi connectivity index (χ4n) is 6.84. The lowest BCUT2D eigenvalue weighted by Gasteiger charge is -2.43. The summed E-state index contributed by atoms with van der Waals surface area (Å²) >= 11 is 0. The molecule has 0 N–H and O–H groups in total. The lowest BCUT2D eigenvalue weighted by Crippen LogP contribution is -2.36. The first kappa shape index (κ1) is 20.7. The Morgan fingerprint density at radius 2 is 1.74 bits per heavy atom. The second kappa shape index (κ2) is 7.41. The Balaban J connectivity index is 1.72. The molecular formula is C31H37N2O+. The maximum absolute atomic E-state index is 9.02. The molecule has 0 amide bonds. The third kappa shape index (κ3) is 3.08. The predicted octanol–water partition coefficient (Wildman–Crippen LogP) is 7.79. The van der Waals surface area contributed by atoms with Gasteiger partial charge in [0.1, 0.15) is 7.05 Å². The Morgan fingerprint density at radius 3 is 2.44 bits per heavy atom. The molecule has 0 aliphatic heterocycles. The molecule has 176 valence electrons. The smallest absolute Gasteiger partial charge is 0.227 e. The lowest BCUT2D eigenvalue weighted by molar-refractivity contribution is -0.660. The minimum Gasteiger partial charge on any atom is -0.437 e. The molecule has 0 atom stereocenters. The average Bonchev–Trinajstić information content (AvgIpc) is 3.41. The van der Waals surface area contributed by atoms with E-state index in [0.29, 0.717) is 5.71 Å². The molecule has 3 aromatic heterocycles. The highest BCUT2D eigenvalue weighted by Gasteiger charge is 2.42. The van der Waals surface area contributed by atoms with Crippen molar-refractivity contribution >= 4 is 22.1 Å². The summed E-state index contributed by atoms with van der Waals surface area (Å²) in [6, 6.07) is 8.60. The van der Waals surface area contributed by atoms with Gasteiger partial charge in [-0.3, -0.25) is 0 Å². The largest absolute Gasteiger partial charge is 0.437 e. The number of benzene rings is 1. The Labute approximate surface area is 204 Å². The van der Waals surface area contributed by atoms with E-state index in [2.05, 4.69) is 75.6 Å². The van der Waals surface area contributed by atoms with Crippen LogP contribution in [0.25, 0.3) is 33.3 Å². The van der Waals surface area contributed by atoms with E-state index in [0.717, 1.165) is 54.3 Å². The molecule has 0 bridgehead atoms. The number of furan rings is 1. The third-order valence-corrected chi connectivity index (χ3v) is 8.68. The van der Waals surface area contributed by atoms with Gasteiger partial charge in [-0.15, -0.1) is 0 Å². The minimum absolute atomic E-state index is 0.0607. The summed E-state index contributed by atoms with van der Waals surface area (Å²) < 4.78 is 17.8. The monoisotopic (exact) mass is 454 g/mol. The van der Waals surface area contributed by atoms with Crippen LogP contribution in [0, 0.1) is 6.92 Å². The van der Waals surface area contributed by atoms with E-state index in [1.165, 1.54) is 34.1 Å². The highest BCUT2D eigenvalue weighted by Crippen LogP contribution is 2.54. The van der Waals surface area contributed by atoms with Crippen LogP contribution in [0.15, 0.2) is 41.1 Å². The van der Waals surface area contributed by atoms with Crippen LogP contribution in [0.1, 0.15) is 95.7 Å². The van der Waals surface area contributed by atoms with Crippen LogP contribution >= 0.6 is 0 Å². The zero-order valence-corrected chi connectivity index (χ0v) is 21.5. The van der Waals surface area contributed by atoms with Crippen molar-refractivity contribution in [3.05, 3.63) is 58.9 Å². The van der Waals surface area contributed by atoms with Crippen molar-refractivity contribution in [1.82, 2.24) is 4.98 Å². The molecule has 3 heterocycles. The Morgan fingerprint density at radius 1 is 1.03 bits per heavy atom. The molecule has 0 saturated heterocycles. The number of aryl methyl sites for hydroxylation is 1. The zero-order valence-electron chi connectivity index (χ0n) is 22.5. The topological polar surface area (TPSA) is 29.9 Å². The van der Waals surface area contributed by atoms with Crippen LogP contribution in [0.5, 0.6) is 0 Å².